The summed E-state index contributed by atoms with van der Waals surface area (Å²) in [4.78, 5) is 12.5. The van der Waals surface area contributed by atoms with E-state index in [1.165, 1.54) is 25.3 Å². The SMILES string of the molecule is COc1ccc(S(N)(=O)=O)cc1C(=O)NCc1ccccc1OCc1ccccc1. The first kappa shape index (κ1) is 21.4. The Kier molecular flexibility index (Phi) is 6.71. The van der Waals surface area contributed by atoms with Gasteiger partial charge in [-0.2, -0.15) is 0 Å². The molecule has 3 aromatic carbocycles. The second-order valence-electron chi connectivity index (χ2n) is 6.47. The van der Waals surface area contributed by atoms with Crippen LogP contribution >= 0.6 is 0 Å². The number of methoxy groups -OCH3 is 1. The molecule has 0 unspecified atom stereocenters. The smallest absolute Gasteiger partial charge is 0.255 e. The Labute approximate surface area is 175 Å². The van der Waals surface area contributed by atoms with Gasteiger partial charge in [0, 0.05) is 12.1 Å². The summed E-state index contributed by atoms with van der Waals surface area (Å²) in [5.41, 5.74) is 1.89. The Balaban J connectivity index is 1.74. The number of ether oxygens (including phenoxy) is 2. The molecule has 0 saturated heterocycles. The molecule has 0 aromatic heterocycles. The van der Waals surface area contributed by atoms with Crippen molar-refractivity contribution in [2.24, 2.45) is 5.14 Å². The largest absolute Gasteiger partial charge is 0.496 e. The van der Waals surface area contributed by atoms with Gasteiger partial charge in [0.25, 0.3) is 5.91 Å². The van der Waals surface area contributed by atoms with Crippen LogP contribution in [0.3, 0.4) is 0 Å². The van der Waals surface area contributed by atoms with Gasteiger partial charge in [-0.3, -0.25) is 4.79 Å². The summed E-state index contributed by atoms with van der Waals surface area (Å²) in [5.74, 6) is 0.399. The van der Waals surface area contributed by atoms with Gasteiger partial charge < -0.3 is 14.8 Å². The van der Waals surface area contributed by atoms with Crippen LogP contribution in [0.1, 0.15) is 21.5 Å². The molecule has 1 amide bonds. The minimum Gasteiger partial charge on any atom is -0.496 e. The molecule has 3 N–H and O–H groups in total. The number of para-hydroxylation sites is 1. The number of sulfonamides is 1. The maximum atomic E-state index is 12.7. The molecular formula is C22H22N2O5S. The number of primary sulfonamides is 1. The molecule has 3 aromatic rings. The average molecular weight is 426 g/mol. The van der Waals surface area contributed by atoms with Crippen molar-refractivity contribution in [3.8, 4) is 11.5 Å². The lowest BCUT2D eigenvalue weighted by Crippen LogP contribution is -2.24. The third kappa shape index (κ3) is 5.37. The molecule has 0 aliphatic heterocycles. The van der Waals surface area contributed by atoms with Gasteiger partial charge in [-0.05, 0) is 29.8 Å². The van der Waals surface area contributed by atoms with Crippen molar-refractivity contribution in [3.63, 3.8) is 0 Å². The fraction of sp³-hybridized carbons (Fsp3) is 0.136. The Morgan fingerprint density at radius 2 is 1.67 bits per heavy atom. The number of hydrogen-bond acceptors (Lipinski definition) is 5. The van der Waals surface area contributed by atoms with E-state index in [4.69, 9.17) is 14.6 Å². The van der Waals surface area contributed by atoms with Gasteiger partial charge in [-0.1, -0.05) is 48.5 Å². The van der Waals surface area contributed by atoms with Crippen LogP contribution in [0.15, 0.2) is 77.7 Å². The standard InChI is InChI=1S/C22H22N2O5S/c1-28-21-12-11-18(30(23,26)27)13-19(21)22(25)24-14-17-9-5-6-10-20(17)29-15-16-7-3-2-4-8-16/h2-13H,14-15H2,1H3,(H,24,25)(H2,23,26,27). The van der Waals surface area contributed by atoms with Crippen LogP contribution in [0, 0.1) is 0 Å². The summed E-state index contributed by atoms with van der Waals surface area (Å²) in [5, 5.41) is 7.94. The zero-order chi connectivity index (χ0) is 21.6. The van der Waals surface area contributed by atoms with E-state index >= 15 is 0 Å². The van der Waals surface area contributed by atoms with E-state index in [9.17, 15) is 13.2 Å². The van der Waals surface area contributed by atoms with E-state index in [-0.39, 0.29) is 22.8 Å². The van der Waals surface area contributed by atoms with E-state index in [1.807, 2.05) is 54.6 Å². The van der Waals surface area contributed by atoms with Crippen molar-refractivity contribution >= 4 is 15.9 Å². The van der Waals surface area contributed by atoms with Crippen LogP contribution in [-0.2, 0) is 23.2 Å². The topological polar surface area (TPSA) is 108 Å². The zero-order valence-corrected chi connectivity index (χ0v) is 17.2. The number of carbonyl (C=O) groups excluding carboxylic acids is 1. The van der Waals surface area contributed by atoms with Crippen molar-refractivity contribution in [1.82, 2.24) is 5.32 Å². The highest BCUT2D eigenvalue weighted by atomic mass is 32.2. The number of carbonyl (C=O) groups is 1. The minimum absolute atomic E-state index is 0.0757. The summed E-state index contributed by atoms with van der Waals surface area (Å²) in [6.07, 6.45) is 0. The number of rotatable bonds is 8. The highest BCUT2D eigenvalue weighted by Crippen LogP contribution is 2.23. The van der Waals surface area contributed by atoms with Crippen LogP contribution in [0.25, 0.3) is 0 Å². The van der Waals surface area contributed by atoms with Crippen molar-refractivity contribution in [2.45, 2.75) is 18.0 Å². The molecule has 8 heteroatoms. The first-order chi connectivity index (χ1) is 14.4. The van der Waals surface area contributed by atoms with Crippen molar-refractivity contribution in [3.05, 3.63) is 89.5 Å². The van der Waals surface area contributed by atoms with E-state index in [1.54, 1.807) is 0 Å². The predicted molar refractivity (Wildman–Crippen MR) is 113 cm³/mol. The Hall–Kier alpha value is -3.36. The van der Waals surface area contributed by atoms with E-state index in [0.717, 1.165) is 11.1 Å². The molecule has 0 aliphatic rings. The summed E-state index contributed by atoms with van der Waals surface area (Å²) in [6.45, 7) is 0.586. The van der Waals surface area contributed by atoms with Crippen molar-refractivity contribution in [1.29, 1.82) is 0 Å². The van der Waals surface area contributed by atoms with Crippen LogP contribution in [-0.4, -0.2) is 21.4 Å². The fourth-order valence-electron chi connectivity index (χ4n) is 2.84. The number of amides is 1. The molecule has 3 rings (SSSR count). The molecule has 30 heavy (non-hydrogen) atoms. The maximum Gasteiger partial charge on any atom is 0.255 e. The molecule has 0 radical (unpaired) electrons. The number of benzene rings is 3. The summed E-state index contributed by atoms with van der Waals surface area (Å²) >= 11 is 0. The third-order valence-corrected chi connectivity index (χ3v) is 5.30. The molecular weight excluding hydrogens is 404 g/mol. The fourth-order valence-corrected chi connectivity index (χ4v) is 3.38. The molecule has 7 nitrogen and oxygen atoms in total. The lowest BCUT2D eigenvalue weighted by Gasteiger charge is -2.14. The first-order valence-electron chi connectivity index (χ1n) is 9.12. The normalized spacial score (nSPS) is 11.0. The second kappa shape index (κ2) is 9.43. The highest BCUT2D eigenvalue weighted by molar-refractivity contribution is 7.89. The van der Waals surface area contributed by atoms with Crippen LogP contribution in [0.2, 0.25) is 0 Å². The van der Waals surface area contributed by atoms with E-state index in [2.05, 4.69) is 5.32 Å². The van der Waals surface area contributed by atoms with Gasteiger partial charge in [-0.25, -0.2) is 13.6 Å². The Morgan fingerprint density at radius 1 is 0.967 bits per heavy atom. The number of hydrogen-bond donors (Lipinski definition) is 2. The van der Waals surface area contributed by atoms with Gasteiger partial charge in [0.2, 0.25) is 10.0 Å². The van der Waals surface area contributed by atoms with Gasteiger partial charge >= 0.3 is 0 Å². The lowest BCUT2D eigenvalue weighted by molar-refractivity contribution is 0.0947. The van der Waals surface area contributed by atoms with Crippen molar-refractivity contribution in [2.75, 3.05) is 7.11 Å². The molecule has 0 heterocycles. The molecule has 0 atom stereocenters. The number of nitrogens with one attached hydrogen (secondary N) is 1. The average Bonchev–Trinajstić information content (AvgIpc) is 2.76. The minimum atomic E-state index is -3.95. The van der Waals surface area contributed by atoms with Gasteiger partial charge in [0.05, 0.1) is 17.6 Å². The van der Waals surface area contributed by atoms with E-state index in [0.29, 0.717) is 12.4 Å². The monoisotopic (exact) mass is 426 g/mol. The van der Waals surface area contributed by atoms with Crippen LogP contribution in [0.4, 0.5) is 0 Å². The van der Waals surface area contributed by atoms with E-state index < -0.39 is 15.9 Å². The molecule has 156 valence electrons. The summed E-state index contributed by atoms with van der Waals surface area (Å²) < 4.78 is 34.3. The predicted octanol–water partition coefficient (Wildman–Crippen LogP) is 2.85. The molecule has 0 bridgehead atoms. The Morgan fingerprint density at radius 3 is 2.37 bits per heavy atom. The maximum absolute atomic E-state index is 12.7. The first-order valence-corrected chi connectivity index (χ1v) is 10.7. The zero-order valence-electron chi connectivity index (χ0n) is 16.4. The summed E-state index contributed by atoms with van der Waals surface area (Å²) in [7, 11) is -2.55. The molecule has 0 saturated carbocycles. The quantitative estimate of drug-likeness (QED) is 0.576. The highest BCUT2D eigenvalue weighted by Gasteiger charge is 2.17. The Bertz CT molecular complexity index is 1130. The van der Waals surface area contributed by atoms with Gasteiger partial charge in [0.15, 0.2) is 0 Å². The van der Waals surface area contributed by atoms with Gasteiger partial charge in [0.1, 0.15) is 18.1 Å². The third-order valence-electron chi connectivity index (χ3n) is 4.39. The van der Waals surface area contributed by atoms with Crippen LogP contribution < -0.4 is 19.9 Å². The second-order valence-corrected chi connectivity index (χ2v) is 8.03. The van der Waals surface area contributed by atoms with Gasteiger partial charge in [-0.15, -0.1) is 0 Å². The molecule has 0 aliphatic carbocycles. The van der Waals surface area contributed by atoms with Crippen LogP contribution in [0.5, 0.6) is 11.5 Å². The molecule has 0 fully saturated rings. The van der Waals surface area contributed by atoms with Crippen molar-refractivity contribution < 1.29 is 22.7 Å². The summed E-state index contributed by atoms with van der Waals surface area (Å²) in [6, 6.07) is 21.0. The lowest BCUT2D eigenvalue weighted by atomic mass is 10.1. The number of nitrogens with two attached hydrogens (primary N) is 1. The molecule has 0 spiro atoms.